The van der Waals surface area contributed by atoms with Gasteiger partial charge in [-0.15, -0.1) is 0 Å². The molecule has 2 aliphatic rings. The minimum Gasteiger partial charge on any atom is -0.381 e. The van der Waals surface area contributed by atoms with E-state index in [1.54, 1.807) is 6.20 Å². The van der Waals surface area contributed by atoms with E-state index in [1.165, 1.54) is 11.4 Å². The molecule has 1 aromatic rings. The van der Waals surface area contributed by atoms with Gasteiger partial charge in [-0.2, -0.15) is 0 Å². The minimum atomic E-state index is 0.510. The fourth-order valence-corrected chi connectivity index (χ4v) is 3.04. The monoisotopic (exact) mass is 281 g/mol. The van der Waals surface area contributed by atoms with Crippen molar-refractivity contribution in [1.82, 2.24) is 10.3 Å². The number of ether oxygens (including phenoxy) is 1. The summed E-state index contributed by atoms with van der Waals surface area (Å²) in [6.07, 6.45) is 3.90. The van der Waals surface area contributed by atoms with Gasteiger partial charge in [0, 0.05) is 51.5 Å². The summed E-state index contributed by atoms with van der Waals surface area (Å²) in [5.74, 6) is 0.510. The van der Waals surface area contributed by atoms with Crippen LogP contribution in [0.1, 0.15) is 24.5 Å². The number of halogens is 1. The number of hydrogen-bond acceptors (Lipinski definition) is 4. The maximum atomic E-state index is 6.15. The Balaban J connectivity index is 1.88. The molecule has 0 amide bonds. The van der Waals surface area contributed by atoms with Crippen molar-refractivity contribution in [2.75, 3.05) is 44.3 Å². The fraction of sp³-hybridized carbons (Fsp3) is 0.643. The quantitative estimate of drug-likeness (QED) is 0.900. The molecule has 3 rings (SSSR count). The van der Waals surface area contributed by atoms with Crippen LogP contribution in [0.25, 0.3) is 0 Å². The number of anilines is 1. The average molecular weight is 282 g/mol. The van der Waals surface area contributed by atoms with E-state index in [9.17, 15) is 0 Å². The Kier molecular flexibility index (Phi) is 4.21. The summed E-state index contributed by atoms with van der Waals surface area (Å²) < 4.78 is 5.45. The average Bonchev–Trinajstić information content (AvgIpc) is 2.49. The van der Waals surface area contributed by atoms with Gasteiger partial charge < -0.3 is 15.0 Å². The first-order chi connectivity index (χ1) is 9.34. The van der Waals surface area contributed by atoms with E-state index < -0.39 is 0 Å². The molecule has 1 N–H and O–H groups in total. The van der Waals surface area contributed by atoms with Crippen LogP contribution in [0.2, 0.25) is 5.02 Å². The second kappa shape index (κ2) is 6.07. The van der Waals surface area contributed by atoms with E-state index in [2.05, 4.69) is 21.3 Å². The van der Waals surface area contributed by atoms with Gasteiger partial charge in [-0.25, -0.2) is 0 Å². The van der Waals surface area contributed by atoms with Crippen LogP contribution in [-0.4, -0.2) is 44.4 Å². The van der Waals surface area contributed by atoms with Crippen molar-refractivity contribution in [2.45, 2.75) is 18.8 Å². The summed E-state index contributed by atoms with van der Waals surface area (Å²) in [4.78, 5) is 7.03. The zero-order valence-corrected chi connectivity index (χ0v) is 11.8. The Morgan fingerprint density at radius 2 is 2.00 bits per heavy atom. The van der Waals surface area contributed by atoms with E-state index in [1.807, 2.05) is 0 Å². The summed E-state index contributed by atoms with van der Waals surface area (Å²) in [5.41, 5.74) is 2.43. The van der Waals surface area contributed by atoms with E-state index >= 15 is 0 Å². The standard InChI is InChI=1S/C14H20ClN3O/c15-12-9-13(18-5-3-16-4-6-18)14(17-10-12)11-1-7-19-8-2-11/h9-11,16H,1-8H2. The normalized spacial score (nSPS) is 21.6. The zero-order valence-electron chi connectivity index (χ0n) is 11.1. The number of nitrogens with one attached hydrogen (secondary N) is 1. The molecule has 5 heteroatoms. The molecular formula is C14H20ClN3O. The molecule has 0 unspecified atom stereocenters. The summed E-state index contributed by atoms with van der Waals surface area (Å²) in [6.45, 7) is 5.79. The maximum Gasteiger partial charge on any atom is 0.0670 e. The number of piperazine rings is 1. The summed E-state index contributed by atoms with van der Waals surface area (Å²) >= 11 is 6.15. The number of pyridine rings is 1. The van der Waals surface area contributed by atoms with Crippen LogP contribution in [0.15, 0.2) is 12.3 Å². The molecule has 2 fully saturated rings. The molecule has 4 nitrogen and oxygen atoms in total. The zero-order chi connectivity index (χ0) is 13.1. The van der Waals surface area contributed by atoms with Crippen LogP contribution in [0.4, 0.5) is 5.69 Å². The van der Waals surface area contributed by atoms with E-state index in [4.69, 9.17) is 16.3 Å². The van der Waals surface area contributed by atoms with Gasteiger partial charge >= 0.3 is 0 Å². The predicted octanol–water partition coefficient (Wildman–Crippen LogP) is 2.04. The lowest BCUT2D eigenvalue weighted by molar-refractivity contribution is 0.0846. The van der Waals surface area contributed by atoms with Crippen molar-refractivity contribution in [3.05, 3.63) is 23.0 Å². The van der Waals surface area contributed by atoms with Crippen LogP contribution in [0, 0.1) is 0 Å². The van der Waals surface area contributed by atoms with Gasteiger partial charge in [-0.1, -0.05) is 11.6 Å². The smallest absolute Gasteiger partial charge is 0.0670 e. The predicted molar refractivity (Wildman–Crippen MR) is 77.1 cm³/mol. The first-order valence-electron chi connectivity index (χ1n) is 7.03. The lowest BCUT2D eigenvalue weighted by Crippen LogP contribution is -2.44. The van der Waals surface area contributed by atoms with Crippen molar-refractivity contribution in [3.63, 3.8) is 0 Å². The minimum absolute atomic E-state index is 0.510. The third kappa shape index (κ3) is 3.02. The molecule has 0 saturated carbocycles. The van der Waals surface area contributed by atoms with Crippen molar-refractivity contribution >= 4 is 17.3 Å². The third-order valence-electron chi connectivity index (χ3n) is 3.93. The van der Waals surface area contributed by atoms with Gasteiger partial charge in [0.1, 0.15) is 0 Å². The Labute approximate surface area is 119 Å². The van der Waals surface area contributed by atoms with Crippen molar-refractivity contribution in [1.29, 1.82) is 0 Å². The van der Waals surface area contributed by atoms with Gasteiger partial charge in [0.2, 0.25) is 0 Å². The highest BCUT2D eigenvalue weighted by Crippen LogP contribution is 2.34. The Hall–Kier alpha value is -0.840. The van der Waals surface area contributed by atoms with Gasteiger partial charge in [0.15, 0.2) is 0 Å². The molecule has 3 heterocycles. The van der Waals surface area contributed by atoms with Crippen LogP contribution in [0.3, 0.4) is 0 Å². The lowest BCUT2D eigenvalue weighted by atomic mass is 9.94. The molecule has 19 heavy (non-hydrogen) atoms. The van der Waals surface area contributed by atoms with Crippen LogP contribution in [-0.2, 0) is 4.74 Å². The lowest BCUT2D eigenvalue weighted by Gasteiger charge is -2.33. The van der Waals surface area contributed by atoms with E-state index in [-0.39, 0.29) is 0 Å². The first kappa shape index (κ1) is 13.2. The Morgan fingerprint density at radius 1 is 1.26 bits per heavy atom. The van der Waals surface area contributed by atoms with Gasteiger partial charge in [-0.05, 0) is 18.9 Å². The molecule has 2 aliphatic heterocycles. The molecule has 1 aromatic heterocycles. The van der Waals surface area contributed by atoms with E-state index in [0.717, 1.165) is 57.3 Å². The fourth-order valence-electron chi connectivity index (χ4n) is 2.88. The van der Waals surface area contributed by atoms with Gasteiger partial charge in [0.25, 0.3) is 0 Å². The molecule has 0 radical (unpaired) electrons. The van der Waals surface area contributed by atoms with Gasteiger partial charge in [-0.3, -0.25) is 4.98 Å². The third-order valence-corrected chi connectivity index (χ3v) is 4.14. The molecule has 0 aromatic carbocycles. The van der Waals surface area contributed by atoms with Crippen molar-refractivity contribution < 1.29 is 4.74 Å². The Morgan fingerprint density at radius 3 is 2.74 bits per heavy atom. The molecule has 2 saturated heterocycles. The van der Waals surface area contributed by atoms with Gasteiger partial charge in [0.05, 0.1) is 16.4 Å². The molecule has 0 atom stereocenters. The number of aromatic nitrogens is 1. The summed E-state index contributed by atoms with van der Waals surface area (Å²) in [7, 11) is 0. The molecule has 0 bridgehead atoms. The second-order valence-corrected chi connectivity index (χ2v) is 5.62. The first-order valence-corrected chi connectivity index (χ1v) is 7.41. The highest BCUT2D eigenvalue weighted by Gasteiger charge is 2.23. The van der Waals surface area contributed by atoms with Crippen LogP contribution < -0.4 is 10.2 Å². The number of rotatable bonds is 2. The van der Waals surface area contributed by atoms with Crippen LogP contribution >= 0.6 is 11.6 Å². The van der Waals surface area contributed by atoms with Crippen LogP contribution in [0.5, 0.6) is 0 Å². The van der Waals surface area contributed by atoms with E-state index in [0.29, 0.717) is 5.92 Å². The number of hydrogen-bond donors (Lipinski definition) is 1. The van der Waals surface area contributed by atoms with Crippen molar-refractivity contribution in [3.8, 4) is 0 Å². The SMILES string of the molecule is Clc1cnc(C2CCOCC2)c(N2CCNCC2)c1. The maximum absolute atomic E-state index is 6.15. The topological polar surface area (TPSA) is 37.4 Å². The Bertz CT molecular complexity index is 429. The van der Waals surface area contributed by atoms with Crippen molar-refractivity contribution in [2.24, 2.45) is 0 Å². The highest BCUT2D eigenvalue weighted by atomic mass is 35.5. The molecule has 0 spiro atoms. The summed E-state index contributed by atoms with van der Waals surface area (Å²) in [5, 5.41) is 4.11. The second-order valence-electron chi connectivity index (χ2n) is 5.18. The highest BCUT2D eigenvalue weighted by molar-refractivity contribution is 6.30. The summed E-state index contributed by atoms with van der Waals surface area (Å²) in [6, 6.07) is 2.07. The largest absolute Gasteiger partial charge is 0.381 e. The molecule has 104 valence electrons. The number of nitrogens with zero attached hydrogens (tertiary/aromatic N) is 2. The molecular weight excluding hydrogens is 262 g/mol. The molecule has 0 aliphatic carbocycles.